The zero-order valence-corrected chi connectivity index (χ0v) is 15.6. The van der Waals surface area contributed by atoms with Gasteiger partial charge in [-0.05, 0) is 37.2 Å². The minimum Gasteiger partial charge on any atom is -0.381 e. The lowest BCUT2D eigenvalue weighted by Gasteiger charge is -2.30. The summed E-state index contributed by atoms with van der Waals surface area (Å²) in [5.41, 5.74) is 5.41. The molecular weight excluding hydrogens is 342 g/mol. The summed E-state index contributed by atoms with van der Waals surface area (Å²) in [6, 6.07) is 0. The lowest BCUT2D eigenvalue weighted by Crippen LogP contribution is -2.36. The first-order chi connectivity index (χ1) is 13.2. The van der Waals surface area contributed by atoms with Gasteiger partial charge >= 0.3 is 0 Å². The zero-order chi connectivity index (χ0) is 18.4. The summed E-state index contributed by atoms with van der Waals surface area (Å²) >= 11 is 0. The molecule has 5 heterocycles. The third kappa shape index (κ3) is 2.90. The zero-order valence-electron chi connectivity index (χ0n) is 15.6. The van der Waals surface area contributed by atoms with Gasteiger partial charge < -0.3 is 14.6 Å². The number of piperidine rings is 1. The Morgan fingerprint density at radius 3 is 2.70 bits per heavy atom. The molecule has 27 heavy (non-hydrogen) atoms. The van der Waals surface area contributed by atoms with Gasteiger partial charge in [-0.3, -0.25) is 9.20 Å². The Bertz CT molecular complexity index is 977. The number of carbonyl (C=O) groups excluding carboxylic acids is 1. The molecule has 0 unspecified atom stereocenters. The van der Waals surface area contributed by atoms with Gasteiger partial charge in [0.25, 0.3) is 0 Å². The number of rotatable bonds is 2. The lowest BCUT2D eigenvalue weighted by atomic mass is 9.93. The third-order valence-corrected chi connectivity index (χ3v) is 6.18. The van der Waals surface area contributed by atoms with Crippen LogP contribution in [0, 0.1) is 0 Å². The number of imidazole rings is 1. The second kappa shape index (κ2) is 6.64. The van der Waals surface area contributed by atoms with Crippen molar-refractivity contribution in [3.63, 3.8) is 0 Å². The molecule has 2 fully saturated rings. The van der Waals surface area contributed by atoms with Crippen LogP contribution in [0.5, 0.6) is 0 Å². The van der Waals surface area contributed by atoms with Crippen LogP contribution in [0.2, 0.25) is 0 Å². The minimum absolute atomic E-state index is 0.169. The fourth-order valence-electron chi connectivity index (χ4n) is 4.58. The summed E-state index contributed by atoms with van der Waals surface area (Å²) in [7, 11) is 0. The Balaban J connectivity index is 1.51. The van der Waals surface area contributed by atoms with Crippen LogP contribution < -0.4 is 0 Å². The normalized spacial score (nSPS) is 20.0. The summed E-state index contributed by atoms with van der Waals surface area (Å²) in [6.07, 6.45) is 10.2. The molecule has 1 N–H and O–H groups in total. The highest BCUT2D eigenvalue weighted by Gasteiger charge is 2.25. The molecular formula is C20H25N5O2. The van der Waals surface area contributed by atoms with Gasteiger partial charge in [-0.25, -0.2) is 9.97 Å². The lowest BCUT2D eigenvalue weighted by molar-refractivity contribution is -0.129. The Hall–Kier alpha value is -2.41. The van der Waals surface area contributed by atoms with Crippen LogP contribution in [-0.2, 0) is 9.53 Å². The molecule has 3 aromatic heterocycles. The average Bonchev–Trinajstić information content (AvgIpc) is 3.32. The van der Waals surface area contributed by atoms with Crippen molar-refractivity contribution in [2.24, 2.45) is 0 Å². The van der Waals surface area contributed by atoms with E-state index in [1.54, 1.807) is 6.92 Å². The number of carbonyl (C=O) groups is 1. The molecule has 0 aromatic carbocycles. The minimum atomic E-state index is 0.169. The number of hydrogen-bond donors (Lipinski definition) is 1. The number of ether oxygens (including phenoxy) is 1. The molecule has 0 aliphatic carbocycles. The van der Waals surface area contributed by atoms with E-state index in [0.717, 1.165) is 74.5 Å². The Labute approximate surface area is 157 Å². The highest BCUT2D eigenvalue weighted by Crippen LogP contribution is 2.34. The van der Waals surface area contributed by atoms with Crippen molar-refractivity contribution < 1.29 is 9.53 Å². The van der Waals surface area contributed by atoms with Crippen molar-refractivity contribution in [3.8, 4) is 0 Å². The van der Waals surface area contributed by atoms with E-state index in [1.807, 2.05) is 11.1 Å². The van der Waals surface area contributed by atoms with Crippen LogP contribution in [0.1, 0.15) is 55.7 Å². The maximum absolute atomic E-state index is 11.6. The second-order valence-corrected chi connectivity index (χ2v) is 7.76. The molecule has 3 aromatic rings. The first kappa shape index (κ1) is 16.7. The largest absolute Gasteiger partial charge is 0.381 e. The Morgan fingerprint density at radius 1 is 1.19 bits per heavy atom. The second-order valence-electron chi connectivity index (χ2n) is 7.76. The van der Waals surface area contributed by atoms with Crippen LogP contribution in [0.15, 0.2) is 18.6 Å². The van der Waals surface area contributed by atoms with Crippen LogP contribution in [0.4, 0.5) is 0 Å². The van der Waals surface area contributed by atoms with Gasteiger partial charge in [-0.1, -0.05) is 0 Å². The van der Waals surface area contributed by atoms with Gasteiger partial charge in [-0.2, -0.15) is 0 Å². The Morgan fingerprint density at radius 2 is 1.96 bits per heavy atom. The van der Waals surface area contributed by atoms with E-state index in [4.69, 9.17) is 9.72 Å². The van der Waals surface area contributed by atoms with Crippen LogP contribution in [0.25, 0.3) is 16.8 Å². The molecule has 1 amide bonds. The van der Waals surface area contributed by atoms with Gasteiger partial charge in [0, 0.05) is 51.5 Å². The summed E-state index contributed by atoms with van der Waals surface area (Å²) in [6.45, 7) is 4.94. The third-order valence-electron chi connectivity index (χ3n) is 6.18. The molecule has 0 radical (unpaired) electrons. The van der Waals surface area contributed by atoms with Crippen molar-refractivity contribution in [1.82, 2.24) is 24.3 Å². The highest BCUT2D eigenvalue weighted by molar-refractivity contribution is 5.79. The molecule has 7 heteroatoms. The van der Waals surface area contributed by atoms with E-state index in [1.165, 1.54) is 5.56 Å². The molecule has 0 saturated carbocycles. The molecule has 2 saturated heterocycles. The van der Waals surface area contributed by atoms with Gasteiger partial charge in [0.15, 0.2) is 11.3 Å². The summed E-state index contributed by atoms with van der Waals surface area (Å²) in [5, 5.41) is 0. The van der Waals surface area contributed by atoms with Crippen molar-refractivity contribution in [2.75, 3.05) is 26.3 Å². The van der Waals surface area contributed by atoms with Gasteiger partial charge in [0.1, 0.15) is 0 Å². The number of nitrogens with zero attached hydrogens (tertiary/aromatic N) is 4. The average molecular weight is 367 g/mol. The highest BCUT2D eigenvalue weighted by atomic mass is 16.5. The van der Waals surface area contributed by atoms with E-state index in [9.17, 15) is 4.79 Å². The number of amides is 1. The quantitative estimate of drug-likeness (QED) is 0.756. The summed E-state index contributed by atoms with van der Waals surface area (Å²) in [4.78, 5) is 26.3. The number of aromatic amines is 1. The number of likely N-dealkylation sites (tertiary alicyclic amines) is 1. The van der Waals surface area contributed by atoms with Crippen molar-refractivity contribution in [3.05, 3.63) is 29.8 Å². The molecule has 5 rings (SSSR count). The first-order valence-electron chi connectivity index (χ1n) is 9.89. The predicted octanol–water partition coefficient (Wildman–Crippen LogP) is 2.83. The van der Waals surface area contributed by atoms with E-state index in [0.29, 0.717) is 11.8 Å². The Kier molecular flexibility index (Phi) is 4.11. The molecule has 0 bridgehead atoms. The van der Waals surface area contributed by atoms with Crippen molar-refractivity contribution >= 4 is 22.7 Å². The number of nitrogens with one attached hydrogen (secondary N) is 1. The molecule has 2 aliphatic heterocycles. The monoisotopic (exact) mass is 367 g/mol. The van der Waals surface area contributed by atoms with E-state index in [-0.39, 0.29) is 5.91 Å². The SMILES string of the molecule is CC(=O)N1CCC(c2cn3c(cnc4[nH]cc(C5CCOCC5)c43)n2)CC1. The number of aromatic nitrogens is 4. The number of H-pyrrole nitrogens is 1. The number of hydrogen-bond acceptors (Lipinski definition) is 4. The van der Waals surface area contributed by atoms with Crippen LogP contribution >= 0.6 is 0 Å². The first-order valence-corrected chi connectivity index (χ1v) is 9.89. The fourth-order valence-corrected chi connectivity index (χ4v) is 4.58. The van der Waals surface area contributed by atoms with Crippen molar-refractivity contribution in [2.45, 2.75) is 44.4 Å². The molecule has 0 atom stereocenters. The maximum atomic E-state index is 11.6. The number of fused-ring (bicyclic) bond motifs is 3. The molecule has 7 nitrogen and oxygen atoms in total. The molecule has 0 spiro atoms. The van der Waals surface area contributed by atoms with Crippen LogP contribution in [-0.4, -0.2) is 56.5 Å². The topological polar surface area (TPSA) is 75.5 Å². The van der Waals surface area contributed by atoms with Gasteiger partial charge in [0.2, 0.25) is 5.91 Å². The molecule has 2 aliphatic rings. The van der Waals surface area contributed by atoms with E-state index < -0.39 is 0 Å². The van der Waals surface area contributed by atoms with E-state index >= 15 is 0 Å². The summed E-state index contributed by atoms with van der Waals surface area (Å²) < 4.78 is 7.74. The standard InChI is InChI=1S/C20H25N5O2/c1-13(26)24-6-2-15(3-7-24)17-12-25-18(23-17)11-22-20-19(25)16(10-21-20)14-4-8-27-9-5-14/h10-12,14-15,21H,2-9H2,1H3. The smallest absolute Gasteiger partial charge is 0.219 e. The molecule has 142 valence electrons. The maximum Gasteiger partial charge on any atom is 0.219 e. The van der Waals surface area contributed by atoms with Crippen LogP contribution in [0.3, 0.4) is 0 Å². The van der Waals surface area contributed by atoms with Crippen molar-refractivity contribution in [1.29, 1.82) is 0 Å². The van der Waals surface area contributed by atoms with E-state index in [2.05, 4.69) is 26.8 Å². The van der Waals surface area contributed by atoms with Gasteiger partial charge in [0.05, 0.1) is 17.4 Å². The fraction of sp³-hybridized carbons (Fsp3) is 0.550. The predicted molar refractivity (Wildman–Crippen MR) is 102 cm³/mol. The van der Waals surface area contributed by atoms with Gasteiger partial charge in [-0.15, -0.1) is 0 Å². The summed E-state index contributed by atoms with van der Waals surface area (Å²) in [5.74, 6) is 1.08.